The van der Waals surface area contributed by atoms with Gasteiger partial charge in [-0.15, -0.1) is 0 Å². The molecule has 0 unspecified atom stereocenters. The van der Waals surface area contributed by atoms with Gasteiger partial charge in [0.25, 0.3) is 0 Å². The van der Waals surface area contributed by atoms with E-state index in [0.29, 0.717) is 12.1 Å². The quantitative estimate of drug-likeness (QED) is 0.829. The normalized spacial score (nSPS) is 11.8. The molecule has 1 heterocycles. The summed E-state index contributed by atoms with van der Waals surface area (Å²) in [4.78, 5) is -0.0717. The maximum Gasteiger partial charge on any atom is 0.242 e. The summed E-state index contributed by atoms with van der Waals surface area (Å²) >= 11 is 12.0. The third kappa shape index (κ3) is 3.96. The molecule has 21 heavy (non-hydrogen) atoms. The smallest absolute Gasteiger partial charge is 0.242 e. The van der Waals surface area contributed by atoms with Crippen LogP contribution in [0.5, 0.6) is 0 Å². The molecule has 114 valence electrons. The first-order valence-electron chi connectivity index (χ1n) is 6.09. The molecule has 3 N–H and O–H groups in total. The van der Waals surface area contributed by atoms with E-state index in [1.807, 2.05) is 0 Å². The van der Waals surface area contributed by atoms with Gasteiger partial charge in [0.2, 0.25) is 10.0 Å². The van der Waals surface area contributed by atoms with E-state index in [1.165, 1.54) is 6.07 Å². The van der Waals surface area contributed by atoms with Crippen LogP contribution in [-0.4, -0.2) is 24.7 Å². The highest BCUT2D eigenvalue weighted by Gasteiger charge is 2.20. The second-order valence-corrected chi connectivity index (χ2v) is 6.80. The van der Waals surface area contributed by atoms with Crippen LogP contribution < -0.4 is 10.5 Å². The van der Waals surface area contributed by atoms with E-state index in [-0.39, 0.29) is 28.0 Å². The van der Waals surface area contributed by atoms with E-state index in [2.05, 4.69) is 9.82 Å². The Labute approximate surface area is 132 Å². The monoisotopic (exact) mass is 348 g/mol. The third-order valence-electron chi connectivity index (χ3n) is 2.78. The van der Waals surface area contributed by atoms with Crippen LogP contribution in [0.3, 0.4) is 0 Å². The average Bonchev–Trinajstić information content (AvgIpc) is 2.93. The average molecular weight is 349 g/mol. The summed E-state index contributed by atoms with van der Waals surface area (Å²) in [5.74, 6) is 0. The SMILES string of the molecule is NCc1cc(Cl)cc(S(=O)(=O)NCCn2cccn2)c1Cl. The lowest BCUT2D eigenvalue weighted by molar-refractivity contribution is 0.561. The molecule has 0 spiro atoms. The highest BCUT2D eigenvalue weighted by molar-refractivity contribution is 7.89. The van der Waals surface area contributed by atoms with Crippen LogP contribution in [0.15, 0.2) is 35.5 Å². The lowest BCUT2D eigenvalue weighted by atomic mass is 10.2. The molecule has 0 aliphatic carbocycles. The lowest BCUT2D eigenvalue weighted by Gasteiger charge is -2.11. The van der Waals surface area contributed by atoms with Gasteiger partial charge in [-0.2, -0.15) is 5.10 Å². The number of hydrogen-bond donors (Lipinski definition) is 2. The van der Waals surface area contributed by atoms with E-state index in [9.17, 15) is 8.42 Å². The van der Waals surface area contributed by atoms with Gasteiger partial charge in [-0.25, -0.2) is 13.1 Å². The van der Waals surface area contributed by atoms with Crippen molar-refractivity contribution in [2.75, 3.05) is 6.54 Å². The highest BCUT2D eigenvalue weighted by atomic mass is 35.5. The van der Waals surface area contributed by atoms with E-state index in [4.69, 9.17) is 28.9 Å². The summed E-state index contributed by atoms with van der Waals surface area (Å²) in [6.07, 6.45) is 3.36. The zero-order chi connectivity index (χ0) is 15.5. The first-order valence-corrected chi connectivity index (χ1v) is 8.33. The first-order chi connectivity index (χ1) is 9.94. The van der Waals surface area contributed by atoms with Crippen LogP contribution in [0.2, 0.25) is 10.0 Å². The molecule has 2 rings (SSSR count). The Morgan fingerprint density at radius 3 is 2.71 bits per heavy atom. The van der Waals surface area contributed by atoms with Crippen molar-refractivity contribution in [1.29, 1.82) is 0 Å². The molecule has 0 aliphatic heterocycles. The Hall–Kier alpha value is -1.12. The third-order valence-corrected chi connectivity index (χ3v) is 5.04. The minimum absolute atomic E-state index is 0.0717. The molecule has 1 aromatic carbocycles. The van der Waals surface area contributed by atoms with Gasteiger partial charge >= 0.3 is 0 Å². The standard InChI is InChI=1S/C12H14Cl2N4O2S/c13-10-6-9(8-15)12(14)11(7-10)21(19,20)17-3-5-18-4-1-2-16-18/h1-2,4,6-7,17H,3,5,8,15H2. The molecule has 2 aromatic rings. The van der Waals surface area contributed by atoms with Gasteiger partial charge in [0.05, 0.1) is 11.6 Å². The van der Waals surface area contributed by atoms with Crippen molar-refractivity contribution in [3.8, 4) is 0 Å². The van der Waals surface area contributed by atoms with Crippen LogP contribution >= 0.6 is 23.2 Å². The second kappa shape index (κ2) is 6.76. The fourth-order valence-electron chi connectivity index (χ4n) is 1.77. The zero-order valence-electron chi connectivity index (χ0n) is 11.0. The summed E-state index contributed by atoms with van der Waals surface area (Å²) in [5, 5.41) is 4.35. The van der Waals surface area contributed by atoms with Gasteiger partial charge < -0.3 is 5.73 Å². The predicted octanol–water partition coefficient (Wildman–Crippen LogP) is 1.63. The van der Waals surface area contributed by atoms with E-state index in [0.717, 1.165) is 0 Å². The Balaban J connectivity index is 2.17. The number of benzene rings is 1. The molecule has 0 saturated heterocycles. The van der Waals surface area contributed by atoms with Crippen LogP contribution in [0.4, 0.5) is 0 Å². The number of hydrogen-bond acceptors (Lipinski definition) is 4. The number of nitrogens with zero attached hydrogens (tertiary/aromatic N) is 2. The molecule has 6 nitrogen and oxygen atoms in total. The van der Waals surface area contributed by atoms with Crippen LogP contribution in [0.25, 0.3) is 0 Å². The molecular weight excluding hydrogens is 335 g/mol. The summed E-state index contributed by atoms with van der Waals surface area (Å²) in [6, 6.07) is 4.61. The number of sulfonamides is 1. The minimum atomic E-state index is -3.76. The number of rotatable bonds is 6. The summed E-state index contributed by atoms with van der Waals surface area (Å²) in [6.45, 7) is 0.703. The maximum atomic E-state index is 12.3. The molecule has 0 saturated carbocycles. The van der Waals surface area contributed by atoms with Crippen LogP contribution in [0, 0.1) is 0 Å². The molecule has 0 aliphatic rings. The van der Waals surface area contributed by atoms with Gasteiger partial charge in [0, 0.05) is 30.5 Å². The topological polar surface area (TPSA) is 90.0 Å². The van der Waals surface area contributed by atoms with Crippen molar-refractivity contribution in [2.45, 2.75) is 18.0 Å². The lowest BCUT2D eigenvalue weighted by Crippen LogP contribution is -2.28. The van der Waals surface area contributed by atoms with E-state index in [1.54, 1.807) is 29.2 Å². The van der Waals surface area contributed by atoms with E-state index >= 15 is 0 Å². The first kappa shape index (κ1) is 16.3. The fraction of sp³-hybridized carbons (Fsp3) is 0.250. The van der Waals surface area contributed by atoms with Gasteiger partial charge in [0.15, 0.2) is 0 Å². The van der Waals surface area contributed by atoms with Crippen LogP contribution in [-0.2, 0) is 23.1 Å². The largest absolute Gasteiger partial charge is 0.326 e. The van der Waals surface area contributed by atoms with Gasteiger partial charge in [-0.05, 0) is 23.8 Å². The Bertz CT molecular complexity index is 717. The predicted molar refractivity (Wildman–Crippen MR) is 81.8 cm³/mol. The van der Waals surface area contributed by atoms with Gasteiger partial charge in [-0.3, -0.25) is 4.68 Å². The molecule has 9 heteroatoms. The number of aromatic nitrogens is 2. The molecule has 1 aromatic heterocycles. The Morgan fingerprint density at radius 1 is 1.33 bits per heavy atom. The van der Waals surface area contributed by atoms with Crippen LogP contribution in [0.1, 0.15) is 5.56 Å². The van der Waals surface area contributed by atoms with Crippen molar-refractivity contribution in [2.24, 2.45) is 5.73 Å². The molecule has 0 bridgehead atoms. The maximum absolute atomic E-state index is 12.3. The van der Waals surface area contributed by atoms with Crippen molar-refractivity contribution in [3.05, 3.63) is 46.2 Å². The van der Waals surface area contributed by atoms with Crippen molar-refractivity contribution >= 4 is 33.2 Å². The summed E-state index contributed by atoms with van der Waals surface area (Å²) < 4.78 is 28.6. The van der Waals surface area contributed by atoms with Crippen molar-refractivity contribution in [3.63, 3.8) is 0 Å². The van der Waals surface area contributed by atoms with E-state index < -0.39 is 10.0 Å². The van der Waals surface area contributed by atoms with Crippen molar-refractivity contribution < 1.29 is 8.42 Å². The fourth-order valence-corrected chi connectivity index (χ4v) is 3.73. The number of nitrogens with one attached hydrogen (secondary N) is 1. The molecule has 0 amide bonds. The minimum Gasteiger partial charge on any atom is -0.326 e. The van der Waals surface area contributed by atoms with Gasteiger partial charge in [0.1, 0.15) is 4.90 Å². The van der Waals surface area contributed by atoms with Crippen molar-refractivity contribution in [1.82, 2.24) is 14.5 Å². The molecular formula is C12H14Cl2N4O2S. The molecule has 0 radical (unpaired) electrons. The second-order valence-electron chi connectivity index (χ2n) is 4.25. The molecule has 0 atom stereocenters. The summed E-state index contributed by atoms with van der Waals surface area (Å²) in [5.41, 5.74) is 6.01. The molecule has 0 fully saturated rings. The number of nitrogens with two attached hydrogens (primary N) is 1. The highest BCUT2D eigenvalue weighted by Crippen LogP contribution is 2.29. The Kier molecular flexibility index (Phi) is 5.23. The van der Waals surface area contributed by atoms with Gasteiger partial charge in [-0.1, -0.05) is 23.2 Å². The zero-order valence-corrected chi connectivity index (χ0v) is 13.3. The Morgan fingerprint density at radius 2 is 2.10 bits per heavy atom. The number of halogens is 2. The summed E-state index contributed by atoms with van der Waals surface area (Å²) in [7, 11) is -3.76.